The minimum atomic E-state index is 1.05. The quantitative estimate of drug-likeness (QED) is 0.534. The second-order valence-corrected chi connectivity index (χ2v) is 7.31. The molecule has 0 radical (unpaired) electrons. The van der Waals surface area contributed by atoms with Crippen molar-refractivity contribution < 1.29 is 0 Å². The molecule has 7 unspecified atom stereocenters. The van der Waals surface area contributed by atoms with Gasteiger partial charge < -0.3 is 0 Å². The molecule has 7 atom stereocenters. The Balaban J connectivity index is 1.54. The highest BCUT2D eigenvalue weighted by molar-refractivity contribution is 5.28. The summed E-state index contributed by atoms with van der Waals surface area (Å²) in [6.45, 7) is 0. The molecule has 0 saturated heterocycles. The van der Waals surface area contributed by atoms with E-state index in [9.17, 15) is 0 Å². The molecule has 0 aromatic heterocycles. The maximum Gasteiger partial charge on any atom is -0.0160 e. The van der Waals surface area contributed by atoms with Gasteiger partial charge in [0.2, 0.25) is 0 Å². The van der Waals surface area contributed by atoms with E-state index in [1.165, 1.54) is 36.5 Å². The minimum absolute atomic E-state index is 1.05. The highest BCUT2D eigenvalue weighted by Crippen LogP contribution is 2.69. The number of rotatable bonds is 0. The molecule has 4 fully saturated rings. The van der Waals surface area contributed by atoms with Crippen LogP contribution in [0.1, 0.15) is 44.9 Å². The second kappa shape index (κ2) is 2.76. The van der Waals surface area contributed by atoms with Crippen molar-refractivity contribution in [3.63, 3.8) is 0 Å². The van der Waals surface area contributed by atoms with E-state index in [4.69, 9.17) is 0 Å². The number of allylic oxidation sites excluding steroid dienone is 2. The molecule has 86 valence electrons. The van der Waals surface area contributed by atoms with Crippen molar-refractivity contribution in [1.82, 2.24) is 0 Å². The maximum atomic E-state index is 2.65. The molecule has 0 aliphatic heterocycles. The van der Waals surface area contributed by atoms with Crippen LogP contribution in [0.15, 0.2) is 11.6 Å². The van der Waals surface area contributed by atoms with Crippen LogP contribution in [0.2, 0.25) is 0 Å². The van der Waals surface area contributed by atoms with E-state index >= 15 is 0 Å². The summed E-state index contributed by atoms with van der Waals surface area (Å²) in [7, 11) is 0. The van der Waals surface area contributed by atoms with Gasteiger partial charge in [-0.1, -0.05) is 24.5 Å². The van der Waals surface area contributed by atoms with Gasteiger partial charge in [0, 0.05) is 0 Å². The lowest BCUT2D eigenvalue weighted by atomic mass is 9.53. The summed E-state index contributed by atoms with van der Waals surface area (Å²) in [6.07, 6.45) is 13.6. The fourth-order valence-electron chi connectivity index (χ4n) is 6.65. The first kappa shape index (κ1) is 8.78. The third kappa shape index (κ3) is 0.866. The predicted octanol–water partition coefficient (Wildman–Crippen LogP) is 4.02. The van der Waals surface area contributed by atoms with Gasteiger partial charge in [0.15, 0.2) is 0 Å². The molecular weight excluding hydrogens is 192 g/mol. The lowest BCUT2D eigenvalue weighted by Gasteiger charge is -2.52. The average molecular weight is 214 g/mol. The molecule has 6 aliphatic carbocycles. The van der Waals surface area contributed by atoms with E-state index in [0.717, 1.165) is 17.8 Å². The first-order chi connectivity index (χ1) is 7.92. The van der Waals surface area contributed by atoms with Crippen molar-refractivity contribution in [1.29, 1.82) is 0 Å². The van der Waals surface area contributed by atoms with E-state index < -0.39 is 0 Å². The lowest BCUT2D eigenvalue weighted by molar-refractivity contribution is 0.0206. The number of fused-ring (bicyclic) bond motifs is 5. The molecule has 0 N–H and O–H groups in total. The van der Waals surface area contributed by atoms with Crippen LogP contribution in [0.4, 0.5) is 0 Å². The van der Waals surface area contributed by atoms with E-state index in [1.54, 1.807) is 32.1 Å². The Hall–Kier alpha value is -0.260. The van der Waals surface area contributed by atoms with Crippen LogP contribution >= 0.6 is 0 Å². The van der Waals surface area contributed by atoms with Gasteiger partial charge in [0.05, 0.1) is 0 Å². The van der Waals surface area contributed by atoms with E-state index in [2.05, 4.69) is 6.08 Å². The molecule has 0 nitrogen and oxygen atoms in total. The Kier molecular flexibility index (Phi) is 1.52. The third-order valence-corrected chi connectivity index (χ3v) is 7.00. The fourth-order valence-corrected chi connectivity index (χ4v) is 6.65. The van der Waals surface area contributed by atoms with Crippen LogP contribution in [-0.4, -0.2) is 0 Å². The van der Waals surface area contributed by atoms with Gasteiger partial charge in [0.1, 0.15) is 0 Å². The van der Waals surface area contributed by atoms with E-state index in [0.29, 0.717) is 0 Å². The van der Waals surface area contributed by atoms with Crippen LogP contribution in [0.25, 0.3) is 0 Å². The van der Waals surface area contributed by atoms with Crippen LogP contribution in [0.5, 0.6) is 0 Å². The normalized spacial score (nSPS) is 61.0. The minimum Gasteiger partial charge on any atom is -0.0816 e. The summed E-state index contributed by atoms with van der Waals surface area (Å²) >= 11 is 0. The maximum absolute atomic E-state index is 2.65. The molecule has 4 bridgehead atoms. The highest BCUT2D eigenvalue weighted by Gasteiger charge is 2.61. The topological polar surface area (TPSA) is 0 Å². The molecule has 6 rings (SSSR count). The zero-order chi connectivity index (χ0) is 10.3. The summed E-state index contributed by atoms with van der Waals surface area (Å²) in [4.78, 5) is 0. The van der Waals surface area contributed by atoms with Crippen LogP contribution in [0.3, 0.4) is 0 Å². The van der Waals surface area contributed by atoms with Gasteiger partial charge in [-0.05, 0) is 73.5 Å². The molecule has 0 heteroatoms. The second-order valence-electron chi connectivity index (χ2n) is 7.31. The smallest absolute Gasteiger partial charge is 0.0160 e. The van der Waals surface area contributed by atoms with Gasteiger partial charge in [-0.2, -0.15) is 0 Å². The average Bonchev–Trinajstić information content (AvgIpc) is 2.84. The third-order valence-electron chi connectivity index (χ3n) is 7.00. The summed E-state index contributed by atoms with van der Waals surface area (Å²) in [5.74, 6) is 8.06. The summed E-state index contributed by atoms with van der Waals surface area (Å²) in [6, 6.07) is 0. The van der Waals surface area contributed by atoms with Gasteiger partial charge in [-0.15, -0.1) is 0 Å². The van der Waals surface area contributed by atoms with Crippen molar-refractivity contribution in [3.05, 3.63) is 11.6 Å². The number of hydrogen-bond acceptors (Lipinski definition) is 0. The molecule has 16 heavy (non-hydrogen) atoms. The van der Waals surface area contributed by atoms with Crippen LogP contribution in [0, 0.1) is 41.4 Å². The largest absolute Gasteiger partial charge is 0.0816 e. The van der Waals surface area contributed by atoms with E-state index in [1.807, 2.05) is 5.57 Å². The molecule has 0 aromatic carbocycles. The van der Waals surface area contributed by atoms with Gasteiger partial charge in [-0.3, -0.25) is 0 Å². The molecule has 0 heterocycles. The Morgan fingerprint density at radius 3 is 2.38 bits per heavy atom. The summed E-state index contributed by atoms with van der Waals surface area (Å²) in [5, 5.41) is 0. The zero-order valence-electron chi connectivity index (χ0n) is 10.1. The zero-order valence-corrected chi connectivity index (χ0v) is 10.1. The van der Waals surface area contributed by atoms with Crippen LogP contribution < -0.4 is 0 Å². The van der Waals surface area contributed by atoms with Crippen molar-refractivity contribution in [2.24, 2.45) is 41.4 Å². The molecule has 4 saturated carbocycles. The Morgan fingerprint density at radius 2 is 1.56 bits per heavy atom. The van der Waals surface area contributed by atoms with Crippen molar-refractivity contribution in [3.8, 4) is 0 Å². The number of hydrogen-bond donors (Lipinski definition) is 0. The molecule has 0 spiro atoms. The van der Waals surface area contributed by atoms with Gasteiger partial charge in [-0.25, -0.2) is 0 Å². The Morgan fingerprint density at radius 1 is 0.812 bits per heavy atom. The monoisotopic (exact) mass is 214 g/mol. The molecular formula is C16H22. The Bertz CT molecular complexity index is 366. The molecule has 0 aromatic rings. The molecule has 0 amide bonds. The summed E-state index contributed by atoms with van der Waals surface area (Å²) < 4.78 is 0. The fraction of sp³-hybridized carbons (Fsp3) is 0.875. The Labute approximate surface area is 98.5 Å². The highest BCUT2D eigenvalue weighted by atomic mass is 14.7. The lowest BCUT2D eigenvalue weighted by Crippen LogP contribution is -2.44. The molecule has 6 aliphatic rings. The van der Waals surface area contributed by atoms with Gasteiger partial charge >= 0.3 is 0 Å². The first-order valence-corrected chi connectivity index (χ1v) is 7.61. The standard InChI is InChI=1S/C16H22/c1-2-4-12-11(3-1)13-8-15(12)16-10-5-9(6-10)7-14(13)16/h5,10-16H,1-4,6-8H2. The van der Waals surface area contributed by atoms with Crippen molar-refractivity contribution in [2.45, 2.75) is 44.9 Å². The van der Waals surface area contributed by atoms with Crippen LogP contribution in [-0.2, 0) is 0 Å². The SMILES string of the molecule is C1=C2CC1C1C(C2)C2CC1C1CCCCC21. The predicted molar refractivity (Wildman–Crippen MR) is 64.8 cm³/mol. The van der Waals surface area contributed by atoms with Gasteiger partial charge in [0.25, 0.3) is 0 Å². The van der Waals surface area contributed by atoms with Crippen molar-refractivity contribution in [2.75, 3.05) is 0 Å². The summed E-state index contributed by atoms with van der Waals surface area (Å²) in [5.41, 5.74) is 1.84. The van der Waals surface area contributed by atoms with E-state index in [-0.39, 0.29) is 0 Å². The van der Waals surface area contributed by atoms with Crippen molar-refractivity contribution >= 4 is 0 Å². The first-order valence-electron chi connectivity index (χ1n) is 7.61.